The maximum Gasteiger partial charge on any atom is 0.341 e. The summed E-state index contributed by atoms with van der Waals surface area (Å²) < 4.78 is 7.51. The number of carboxylic acids is 1. The fourth-order valence-electron chi connectivity index (χ4n) is 4.12. The van der Waals surface area contributed by atoms with Crippen LogP contribution in [0, 0.1) is 6.92 Å². The summed E-state index contributed by atoms with van der Waals surface area (Å²) in [5.41, 5.74) is 8.57. The second kappa shape index (κ2) is 8.39. The highest BCUT2D eigenvalue weighted by Gasteiger charge is 2.26. The van der Waals surface area contributed by atoms with Crippen LogP contribution in [0.15, 0.2) is 60.7 Å². The van der Waals surface area contributed by atoms with Gasteiger partial charge < -0.3 is 30.4 Å². The van der Waals surface area contributed by atoms with Crippen molar-refractivity contribution in [3.8, 4) is 5.75 Å². The van der Waals surface area contributed by atoms with Gasteiger partial charge in [0.2, 0.25) is 0 Å². The van der Waals surface area contributed by atoms with E-state index in [-0.39, 0.29) is 0 Å². The highest BCUT2D eigenvalue weighted by Crippen LogP contribution is 2.38. The molecule has 7 heteroatoms. The Kier molecular flexibility index (Phi) is 5.65. The number of nitrogens with two attached hydrogens (primary N) is 1. The van der Waals surface area contributed by atoms with Crippen LogP contribution in [0.5, 0.6) is 5.75 Å². The molecule has 0 saturated carbocycles. The van der Waals surface area contributed by atoms with Gasteiger partial charge in [0, 0.05) is 23.2 Å². The lowest BCUT2D eigenvalue weighted by Gasteiger charge is -2.16. The van der Waals surface area contributed by atoms with Crippen molar-refractivity contribution in [2.24, 2.45) is 5.73 Å². The lowest BCUT2D eigenvalue weighted by Crippen LogP contribution is -2.28. The summed E-state index contributed by atoms with van der Waals surface area (Å²) in [6.45, 7) is 1.83. The molecule has 4 aromatic rings. The first kappa shape index (κ1) is 20.9. The van der Waals surface area contributed by atoms with Gasteiger partial charge in [0.25, 0.3) is 0 Å². The number of hydrogen-bond acceptors (Lipinski definition) is 5. The predicted molar refractivity (Wildman–Crippen MR) is 118 cm³/mol. The second-order valence-corrected chi connectivity index (χ2v) is 7.49. The zero-order valence-corrected chi connectivity index (χ0v) is 17.0. The first-order valence-electron chi connectivity index (χ1n) is 9.93. The van der Waals surface area contributed by atoms with Gasteiger partial charge >= 0.3 is 5.97 Å². The number of benzene rings is 3. The molecule has 5 N–H and O–H groups in total. The van der Waals surface area contributed by atoms with Crippen molar-refractivity contribution in [3.05, 3.63) is 77.5 Å². The standard InChI is InChI=1S/C24H24N2O5/c1-14-21(23(29)24(25)30)22-18(10-5-11-19(22)31-13-20(27)28)26(14)12-16-8-4-7-15-6-2-3-9-17(15)16/h2-11,23-24,29-30H,12-13,25H2,1H3,(H,27,28). The molecule has 31 heavy (non-hydrogen) atoms. The Balaban J connectivity index is 1.92. The van der Waals surface area contributed by atoms with E-state index in [9.17, 15) is 15.0 Å². The third kappa shape index (κ3) is 3.86. The van der Waals surface area contributed by atoms with E-state index < -0.39 is 24.9 Å². The van der Waals surface area contributed by atoms with E-state index in [0.717, 1.165) is 21.9 Å². The SMILES string of the molecule is Cc1c(C(O)C(N)O)c2c(OCC(=O)O)cccc2n1Cc1cccc2ccccc12. The quantitative estimate of drug-likeness (QED) is 0.342. The molecule has 0 saturated heterocycles. The highest BCUT2D eigenvalue weighted by molar-refractivity contribution is 5.92. The number of carboxylic acid groups (broad SMARTS) is 1. The van der Waals surface area contributed by atoms with Crippen LogP contribution in [0.4, 0.5) is 0 Å². The number of aromatic nitrogens is 1. The summed E-state index contributed by atoms with van der Waals surface area (Å²) in [5, 5.41) is 32.4. The smallest absolute Gasteiger partial charge is 0.341 e. The maximum absolute atomic E-state index is 11.0. The first-order valence-corrected chi connectivity index (χ1v) is 9.93. The molecule has 0 spiro atoms. The number of carbonyl (C=O) groups is 1. The van der Waals surface area contributed by atoms with Gasteiger partial charge in [-0.3, -0.25) is 0 Å². The van der Waals surface area contributed by atoms with Crippen molar-refractivity contribution in [1.82, 2.24) is 4.57 Å². The normalized spacial score (nSPS) is 13.4. The van der Waals surface area contributed by atoms with E-state index in [0.29, 0.717) is 28.9 Å². The van der Waals surface area contributed by atoms with Gasteiger partial charge in [0.05, 0.1) is 5.52 Å². The molecule has 0 fully saturated rings. The molecule has 0 bridgehead atoms. The lowest BCUT2D eigenvalue weighted by molar-refractivity contribution is -0.139. The molecule has 7 nitrogen and oxygen atoms in total. The van der Waals surface area contributed by atoms with Crippen LogP contribution in [0.25, 0.3) is 21.7 Å². The molecule has 3 aromatic carbocycles. The average Bonchev–Trinajstić information content (AvgIpc) is 3.03. The third-order valence-corrected chi connectivity index (χ3v) is 5.54. The van der Waals surface area contributed by atoms with Gasteiger partial charge in [-0.1, -0.05) is 48.5 Å². The summed E-state index contributed by atoms with van der Waals surface area (Å²) in [5.74, 6) is -0.792. The third-order valence-electron chi connectivity index (χ3n) is 5.54. The Morgan fingerprint density at radius 2 is 1.77 bits per heavy atom. The molecule has 1 heterocycles. The first-order chi connectivity index (χ1) is 14.9. The summed E-state index contributed by atoms with van der Waals surface area (Å²) in [6.07, 6.45) is -2.85. The summed E-state index contributed by atoms with van der Waals surface area (Å²) in [6, 6.07) is 19.5. The zero-order valence-electron chi connectivity index (χ0n) is 17.0. The molecule has 0 radical (unpaired) electrons. The van der Waals surface area contributed by atoms with Gasteiger partial charge in [-0.25, -0.2) is 4.79 Å². The molecule has 0 aliphatic heterocycles. The van der Waals surface area contributed by atoms with Crippen molar-refractivity contribution in [2.45, 2.75) is 25.8 Å². The Morgan fingerprint density at radius 3 is 2.52 bits per heavy atom. The van der Waals surface area contributed by atoms with Crippen LogP contribution in [-0.2, 0) is 11.3 Å². The molecule has 1 aromatic heterocycles. The Morgan fingerprint density at radius 1 is 1.06 bits per heavy atom. The van der Waals surface area contributed by atoms with Crippen molar-refractivity contribution in [3.63, 3.8) is 0 Å². The molecular formula is C24H24N2O5. The largest absolute Gasteiger partial charge is 0.481 e. The van der Waals surface area contributed by atoms with Crippen molar-refractivity contribution in [2.75, 3.05) is 6.61 Å². The zero-order chi connectivity index (χ0) is 22.1. The number of hydrogen-bond donors (Lipinski definition) is 4. The van der Waals surface area contributed by atoms with Gasteiger partial charge in [-0.2, -0.15) is 0 Å². The summed E-state index contributed by atoms with van der Waals surface area (Å²) >= 11 is 0. The number of nitrogens with zero attached hydrogens (tertiary/aromatic N) is 1. The van der Waals surface area contributed by atoms with Crippen molar-refractivity contribution in [1.29, 1.82) is 0 Å². The number of aliphatic hydroxyl groups excluding tert-OH is 2. The molecule has 2 unspecified atom stereocenters. The number of rotatable bonds is 7. The fraction of sp³-hybridized carbons (Fsp3) is 0.208. The molecule has 0 amide bonds. The topological polar surface area (TPSA) is 118 Å². The summed E-state index contributed by atoms with van der Waals surface area (Å²) in [7, 11) is 0. The molecule has 0 aliphatic rings. The Bertz CT molecular complexity index is 1260. The van der Waals surface area contributed by atoms with Crippen LogP contribution in [-0.4, -0.2) is 38.7 Å². The second-order valence-electron chi connectivity index (χ2n) is 7.49. The van der Waals surface area contributed by atoms with Gasteiger partial charge in [-0.15, -0.1) is 0 Å². The average molecular weight is 420 g/mol. The van der Waals surface area contributed by atoms with E-state index in [1.54, 1.807) is 12.1 Å². The number of fused-ring (bicyclic) bond motifs is 2. The maximum atomic E-state index is 11.0. The van der Waals surface area contributed by atoms with Gasteiger partial charge in [0.15, 0.2) is 6.61 Å². The molecule has 0 aliphatic carbocycles. The molecule has 160 valence electrons. The van der Waals surface area contributed by atoms with Crippen LogP contribution in [0.2, 0.25) is 0 Å². The van der Waals surface area contributed by atoms with Gasteiger partial charge in [-0.05, 0) is 35.4 Å². The minimum absolute atomic E-state index is 0.314. The monoisotopic (exact) mass is 420 g/mol. The van der Waals surface area contributed by atoms with E-state index >= 15 is 0 Å². The van der Waals surface area contributed by atoms with Crippen LogP contribution in [0.3, 0.4) is 0 Å². The number of aliphatic hydroxyl groups is 2. The molecular weight excluding hydrogens is 396 g/mol. The fourth-order valence-corrected chi connectivity index (χ4v) is 4.12. The van der Waals surface area contributed by atoms with Crippen LogP contribution < -0.4 is 10.5 Å². The van der Waals surface area contributed by atoms with Crippen molar-refractivity contribution < 1.29 is 24.9 Å². The summed E-state index contributed by atoms with van der Waals surface area (Å²) in [4.78, 5) is 11.0. The van der Waals surface area contributed by atoms with Crippen molar-refractivity contribution >= 4 is 27.6 Å². The minimum Gasteiger partial charge on any atom is -0.481 e. The molecule has 4 rings (SSSR count). The van der Waals surface area contributed by atoms with Crippen LogP contribution >= 0.6 is 0 Å². The highest BCUT2D eigenvalue weighted by atomic mass is 16.5. The predicted octanol–water partition coefficient (Wildman–Crippen LogP) is 2.93. The van der Waals surface area contributed by atoms with E-state index in [2.05, 4.69) is 18.2 Å². The van der Waals surface area contributed by atoms with E-state index in [1.165, 1.54) is 0 Å². The van der Waals surface area contributed by atoms with E-state index in [1.807, 2.05) is 41.8 Å². The Labute approximate surface area is 178 Å². The minimum atomic E-state index is -1.50. The number of aliphatic carboxylic acids is 1. The number of ether oxygens (including phenoxy) is 1. The van der Waals surface area contributed by atoms with Crippen LogP contribution in [0.1, 0.15) is 22.9 Å². The molecule has 2 atom stereocenters. The lowest BCUT2D eigenvalue weighted by atomic mass is 10.0. The van der Waals surface area contributed by atoms with E-state index in [4.69, 9.17) is 15.6 Å². The Hall–Kier alpha value is -3.39. The van der Waals surface area contributed by atoms with Gasteiger partial charge in [0.1, 0.15) is 18.1 Å².